The van der Waals surface area contributed by atoms with Crippen LogP contribution in [-0.4, -0.2) is 0 Å². The Morgan fingerprint density at radius 3 is 1.77 bits per heavy atom. The molecule has 6 rings (SSSR count). The van der Waals surface area contributed by atoms with Crippen LogP contribution in [0.3, 0.4) is 0 Å². The lowest BCUT2D eigenvalue weighted by atomic mass is 9.87. The van der Waals surface area contributed by atoms with Crippen LogP contribution < -0.4 is 0 Å². The third-order valence-electron chi connectivity index (χ3n) is 6.95. The Hall–Kier alpha value is -3.03. The van der Waals surface area contributed by atoms with E-state index in [4.69, 9.17) is 0 Å². The molecule has 0 nitrogen and oxygen atoms in total. The normalized spacial score (nSPS) is 26.2. The van der Waals surface area contributed by atoms with Crippen LogP contribution >= 0.6 is 11.8 Å². The van der Waals surface area contributed by atoms with Gasteiger partial charge < -0.3 is 0 Å². The van der Waals surface area contributed by atoms with Gasteiger partial charge in [0.05, 0.1) is 4.75 Å². The van der Waals surface area contributed by atoms with E-state index in [0.717, 1.165) is 0 Å². The minimum Gasteiger partial charge on any atom is -0.112 e. The monoisotopic (exact) mass is 416 g/mol. The quantitative estimate of drug-likeness (QED) is 0.328. The Kier molecular flexibility index (Phi) is 4.23. The second-order valence-electron chi connectivity index (χ2n) is 8.66. The molecule has 0 aromatic heterocycles. The molecule has 0 bridgehead atoms. The van der Waals surface area contributed by atoms with Crippen LogP contribution in [0.1, 0.15) is 33.7 Å². The first-order chi connectivity index (χ1) is 15.3. The average Bonchev–Trinajstić information content (AvgIpc) is 3.26. The highest BCUT2D eigenvalue weighted by atomic mass is 32.2. The maximum absolute atomic E-state index is 2.57. The number of hydrogen-bond donors (Lipinski definition) is 0. The fourth-order valence-corrected chi connectivity index (χ4v) is 7.49. The number of rotatable bonds is 4. The second-order valence-corrected chi connectivity index (χ2v) is 9.94. The van der Waals surface area contributed by atoms with Crippen LogP contribution in [0.15, 0.2) is 121 Å². The molecule has 0 radical (unpaired) electrons. The van der Waals surface area contributed by atoms with Crippen LogP contribution in [0.5, 0.6) is 0 Å². The van der Waals surface area contributed by atoms with Gasteiger partial charge in [-0.05, 0) is 29.2 Å². The summed E-state index contributed by atoms with van der Waals surface area (Å²) in [5, 5.41) is 0. The molecule has 3 unspecified atom stereocenters. The summed E-state index contributed by atoms with van der Waals surface area (Å²) in [5.41, 5.74) is 6.81. The van der Waals surface area contributed by atoms with Gasteiger partial charge in [0.1, 0.15) is 0 Å². The summed E-state index contributed by atoms with van der Waals surface area (Å²) in [6.07, 6.45) is 2.57. The van der Waals surface area contributed by atoms with Crippen molar-refractivity contribution in [2.24, 2.45) is 0 Å². The van der Waals surface area contributed by atoms with Crippen molar-refractivity contribution in [3.05, 3.63) is 149 Å². The Labute approximate surface area is 188 Å². The molecule has 0 N–H and O–H groups in total. The molecular weight excluding hydrogens is 392 g/mol. The van der Waals surface area contributed by atoms with Crippen LogP contribution in [0, 0.1) is 6.92 Å². The summed E-state index contributed by atoms with van der Waals surface area (Å²) in [4.78, 5) is 1.39. The minimum atomic E-state index is -0.0548. The molecule has 0 amide bonds. The van der Waals surface area contributed by atoms with E-state index < -0.39 is 0 Å². The summed E-state index contributed by atoms with van der Waals surface area (Å²) in [7, 11) is 0. The van der Waals surface area contributed by atoms with Gasteiger partial charge >= 0.3 is 0 Å². The summed E-state index contributed by atoms with van der Waals surface area (Å²) >= 11 is 2.06. The molecule has 2 aliphatic rings. The zero-order valence-corrected chi connectivity index (χ0v) is 18.3. The summed E-state index contributed by atoms with van der Waals surface area (Å²) in [5.74, 6) is 0.405. The maximum Gasteiger partial charge on any atom is 0.0674 e. The predicted molar refractivity (Wildman–Crippen MR) is 132 cm³/mol. The Morgan fingerprint density at radius 2 is 1.16 bits per heavy atom. The lowest BCUT2D eigenvalue weighted by molar-refractivity contribution is 0.809. The Morgan fingerprint density at radius 1 is 0.613 bits per heavy atom. The van der Waals surface area contributed by atoms with Gasteiger partial charge in [0, 0.05) is 16.2 Å². The van der Waals surface area contributed by atoms with Gasteiger partial charge in [-0.15, -0.1) is 11.8 Å². The van der Waals surface area contributed by atoms with Gasteiger partial charge in [0.25, 0.3) is 0 Å². The highest BCUT2D eigenvalue weighted by Gasteiger charge is 2.80. The standard InChI is InChI=1S/C30H24S/c1-22-17-19-24(20-18-22)28-29(25-13-7-3-8-14-25)21-27(23-11-5-2-6-12-23)31-30(28,29)26-15-9-4-10-16-26/h2-21,28H,1H3. The Balaban J connectivity index is 1.61. The van der Waals surface area contributed by atoms with Crippen molar-refractivity contribution >= 4 is 16.7 Å². The summed E-state index contributed by atoms with van der Waals surface area (Å²) in [6.45, 7) is 2.17. The van der Waals surface area contributed by atoms with Crippen molar-refractivity contribution in [1.82, 2.24) is 0 Å². The smallest absolute Gasteiger partial charge is 0.0674 e. The maximum atomic E-state index is 2.57. The first kappa shape index (κ1) is 18.7. The van der Waals surface area contributed by atoms with Crippen LogP contribution in [0.25, 0.3) is 4.91 Å². The topological polar surface area (TPSA) is 0 Å². The molecule has 4 aromatic carbocycles. The van der Waals surface area contributed by atoms with E-state index in [9.17, 15) is 0 Å². The fraction of sp³-hybridized carbons (Fsp3) is 0.133. The molecular formula is C30H24S. The number of benzene rings is 4. The van der Waals surface area contributed by atoms with Crippen molar-refractivity contribution in [3.8, 4) is 0 Å². The molecule has 0 saturated heterocycles. The van der Waals surface area contributed by atoms with Crippen LogP contribution in [-0.2, 0) is 10.2 Å². The van der Waals surface area contributed by atoms with Gasteiger partial charge in [-0.3, -0.25) is 0 Å². The van der Waals surface area contributed by atoms with Crippen LogP contribution in [0.2, 0.25) is 0 Å². The zero-order valence-electron chi connectivity index (χ0n) is 17.5. The number of allylic oxidation sites excluding steroid dienone is 1. The number of thioether (sulfide) groups is 1. The van der Waals surface area contributed by atoms with Crippen molar-refractivity contribution < 1.29 is 0 Å². The second kappa shape index (κ2) is 7.00. The molecule has 1 aliphatic carbocycles. The number of hydrogen-bond acceptors (Lipinski definition) is 1. The molecule has 1 heterocycles. The van der Waals surface area contributed by atoms with Gasteiger partial charge in [-0.1, -0.05) is 127 Å². The van der Waals surface area contributed by atoms with E-state index >= 15 is 0 Å². The SMILES string of the molecule is Cc1ccc(C2C3(c4ccccc4)C=C(c4ccccc4)SC23c2ccccc2)cc1. The molecule has 3 atom stereocenters. The zero-order chi connectivity index (χ0) is 20.9. The number of aryl methyl sites for hydroxylation is 1. The molecule has 1 heteroatoms. The molecule has 150 valence electrons. The highest BCUT2D eigenvalue weighted by Crippen LogP contribution is 2.85. The fourth-order valence-electron chi connectivity index (χ4n) is 5.54. The van der Waals surface area contributed by atoms with E-state index in [2.05, 4.69) is 140 Å². The van der Waals surface area contributed by atoms with Gasteiger partial charge in [-0.25, -0.2) is 0 Å². The average molecular weight is 417 g/mol. The van der Waals surface area contributed by atoms with E-state index in [-0.39, 0.29) is 10.2 Å². The lowest BCUT2D eigenvalue weighted by Crippen LogP contribution is -2.13. The number of fused-ring (bicyclic) bond motifs is 1. The highest BCUT2D eigenvalue weighted by molar-refractivity contribution is 8.10. The summed E-state index contributed by atoms with van der Waals surface area (Å²) < 4.78 is -0.0317. The van der Waals surface area contributed by atoms with Crippen molar-refractivity contribution in [2.75, 3.05) is 0 Å². The first-order valence-corrected chi connectivity index (χ1v) is 11.7. The Bertz CT molecular complexity index is 1240. The predicted octanol–water partition coefficient (Wildman–Crippen LogP) is 7.71. The molecule has 0 spiro atoms. The molecule has 1 aliphatic heterocycles. The van der Waals surface area contributed by atoms with Gasteiger partial charge in [0.15, 0.2) is 0 Å². The lowest BCUT2D eigenvalue weighted by Gasteiger charge is -2.19. The molecule has 1 saturated carbocycles. The van der Waals surface area contributed by atoms with Gasteiger partial charge in [-0.2, -0.15) is 0 Å². The van der Waals surface area contributed by atoms with E-state index in [1.807, 2.05) is 0 Å². The third-order valence-corrected chi connectivity index (χ3v) is 8.65. The van der Waals surface area contributed by atoms with E-state index in [0.29, 0.717) is 5.92 Å². The van der Waals surface area contributed by atoms with E-state index in [1.165, 1.54) is 32.7 Å². The van der Waals surface area contributed by atoms with Crippen LogP contribution in [0.4, 0.5) is 0 Å². The minimum absolute atomic E-state index is 0.0317. The van der Waals surface area contributed by atoms with Gasteiger partial charge in [0.2, 0.25) is 0 Å². The molecule has 31 heavy (non-hydrogen) atoms. The largest absolute Gasteiger partial charge is 0.112 e. The summed E-state index contributed by atoms with van der Waals surface area (Å²) in [6, 6.07) is 42.3. The molecule has 4 aromatic rings. The molecule has 1 fully saturated rings. The first-order valence-electron chi connectivity index (χ1n) is 10.9. The van der Waals surface area contributed by atoms with Crippen molar-refractivity contribution in [3.63, 3.8) is 0 Å². The van der Waals surface area contributed by atoms with E-state index in [1.54, 1.807) is 0 Å². The van der Waals surface area contributed by atoms with Crippen molar-refractivity contribution in [1.29, 1.82) is 0 Å². The third kappa shape index (κ3) is 2.63. The van der Waals surface area contributed by atoms with Crippen molar-refractivity contribution in [2.45, 2.75) is 23.0 Å².